The van der Waals surface area contributed by atoms with Gasteiger partial charge in [-0.15, -0.1) is 0 Å². The number of aromatic nitrogens is 2. The molecule has 0 aliphatic rings. The minimum Gasteiger partial charge on any atom is -0.295 e. The predicted octanol–water partition coefficient (Wildman–Crippen LogP) is 3.18. The van der Waals surface area contributed by atoms with Gasteiger partial charge in [0.05, 0.1) is 12.1 Å². The lowest BCUT2D eigenvalue weighted by Gasteiger charge is -2.23. The summed E-state index contributed by atoms with van der Waals surface area (Å²) in [5.74, 6) is 0.125. The maximum absolute atomic E-state index is 12.5. The number of carbonyl (C=O) groups excluding carboxylic acids is 1. The number of hydrogen-bond acceptors (Lipinski definition) is 4. The lowest BCUT2D eigenvalue weighted by atomic mass is 9.98. The van der Waals surface area contributed by atoms with Gasteiger partial charge in [0.25, 0.3) is 0 Å². The zero-order valence-corrected chi connectivity index (χ0v) is 14.0. The van der Waals surface area contributed by atoms with Gasteiger partial charge in [0, 0.05) is 12.4 Å². The molecule has 1 amide bonds. The quantitative estimate of drug-likeness (QED) is 0.727. The Morgan fingerprint density at radius 1 is 0.840 bits per heavy atom. The van der Waals surface area contributed by atoms with Crippen molar-refractivity contribution in [2.75, 3.05) is 5.32 Å². The zero-order chi connectivity index (χ0) is 17.5. The van der Waals surface area contributed by atoms with E-state index in [4.69, 9.17) is 0 Å². The largest absolute Gasteiger partial charge is 0.295 e. The van der Waals surface area contributed by atoms with Crippen molar-refractivity contribution >= 4 is 11.9 Å². The summed E-state index contributed by atoms with van der Waals surface area (Å²) in [7, 11) is 0. The standard InChI is InChI=1S/C20H20N4O/c1-15(19(25)24-20-21-13-8-14-22-20)23-18(16-9-4-2-5-10-16)17-11-6-3-7-12-17/h2-15,18,23H,1H3,(H,21,22,24,25). The van der Waals surface area contributed by atoms with Crippen LogP contribution in [0.2, 0.25) is 0 Å². The highest BCUT2D eigenvalue weighted by Crippen LogP contribution is 2.22. The highest BCUT2D eigenvalue weighted by Gasteiger charge is 2.21. The third-order valence-corrected chi connectivity index (χ3v) is 3.88. The summed E-state index contributed by atoms with van der Waals surface area (Å²) >= 11 is 0. The van der Waals surface area contributed by atoms with E-state index in [9.17, 15) is 4.79 Å². The van der Waals surface area contributed by atoms with Gasteiger partial charge in [0.1, 0.15) is 0 Å². The van der Waals surface area contributed by atoms with Crippen molar-refractivity contribution < 1.29 is 4.79 Å². The van der Waals surface area contributed by atoms with E-state index in [1.807, 2.05) is 43.3 Å². The SMILES string of the molecule is CC(NC(c1ccccc1)c1ccccc1)C(=O)Nc1ncccn1. The molecule has 0 radical (unpaired) electrons. The smallest absolute Gasteiger partial charge is 0.243 e. The molecule has 1 heterocycles. The molecule has 3 rings (SSSR count). The lowest BCUT2D eigenvalue weighted by Crippen LogP contribution is -2.40. The van der Waals surface area contributed by atoms with Crippen LogP contribution < -0.4 is 10.6 Å². The van der Waals surface area contributed by atoms with Gasteiger partial charge in [-0.1, -0.05) is 60.7 Å². The van der Waals surface area contributed by atoms with E-state index in [0.29, 0.717) is 5.95 Å². The molecule has 3 aromatic rings. The Morgan fingerprint density at radius 2 is 1.36 bits per heavy atom. The fourth-order valence-corrected chi connectivity index (χ4v) is 2.58. The highest BCUT2D eigenvalue weighted by molar-refractivity contribution is 5.93. The van der Waals surface area contributed by atoms with Gasteiger partial charge in [0.15, 0.2) is 0 Å². The van der Waals surface area contributed by atoms with Crippen LogP contribution in [0.25, 0.3) is 0 Å². The number of nitrogens with zero attached hydrogens (tertiary/aromatic N) is 2. The van der Waals surface area contributed by atoms with Crippen molar-refractivity contribution in [2.24, 2.45) is 0 Å². The average Bonchev–Trinajstić information content (AvgIpc) is 2.68. The Kier molecular flexibility index (Phi) is 5.49. The summed E-state index contributed by atoms with van der Waals surface area (Å²) in [6.45, 7) is 1.83. The molecular formula is C20H20N4O. The predicted molar refractivity (Wildman–Crippen MR) is 98.0 cm³/mol. The first-order chi connectivity index (χ1) is 12.2. The number of hydrogen-bond donors (Lipinski definition) is 2. The van der Waals surface area contributed by atoms with Gasteiger partial charge >= 0.3 is 0 Å². The van der Waals surface area contributed by atoms with E-state index in [-0.39, 0.29) is 11.9 Å². The van der Waals surface area contributed by atoms with Crippen LogP contribution in [0.3, 0.4) is 0 Å². The van der Waals surface area contributed by atoms with E-state index in [1.54, 1.807) is 18.5 Å². The highest BCUT2D eigenvalue weighted by atomic mass is 16.2. The average molecular weight is 332 g/mol. The van der Waals surface area contributed by atoms with Gasteiger partial charge < -0.3 is 0 Å². The summed E-state index contributed by atoms with van der Waals surface area (Å²) in [6, 6.07) is 21.3. The monoisotopic (exact) mass is 332 g/mol. The van der Waals surface area contributed by atoms with Crippen molar-refractivity contribution in [1.29, 1.82) is 0 Å². The molecule has 1 aromatic heterocycles. The van der Waals surface area contributed by atoms with Crippen molar-refractivity contribution in [2.45, 2.75) is 19.0 Å². The van der Waals surface area contributed by atoms with Gasteiger partial charge in [-0.2, -0.15) is 0 Å². The molecule has 0 saturated carbocycles. The Hall–Kier alpha value is -3.05. The number of rotatable bonds is 6. The second kappa shape index (κ2) is 8.17. The topological polar surface area (TPSA) is 66.9 Å². The first-order valence-electron chi connectivity index (χ1n) is 8.18. The fourth-order valence-electron chi connectivity index (χ4n) is 2.58. The molecule has 0 saturated heterocycles. The molecule has 1 atom stereocenters. The van der Waals surface area contributed by atoms with Gasteiger partial charge in [-0.3, -0.25) is 15.4 Å². The molecule has 2 aromatic carbocycles. The van der Waals surface area contributed by atoms with E-state index >= 15 is 0 Å². The lowest BCUT2D eigenvalue weighted by molar-refractivity contribution is -0.117. The van der Waals surface area contributed by atoms with Crippen LogP contribution in [-0.4, -0.2) is 21.9 Å². The number of anilines is 1. The number of carbonyl (C=O) groups is 1. The summed E-state index contributed by atoms with van der Waals surface area (Å²) in [5.41, 5.74) is 2.20. The van der Waals surface area contributed by atoms with Crippen LogP contribution in [0.15, 0.2) is 79.1 Å². The molecule has 0 spiro atoms. The van der Waals surface area contributed by atoms with Crippen molar-refractivity contribution in [1.82, 2.24) is 15.3 Å². The molecule has 0 bridgehead atoms. The third-order valence-electron chi connectivity index (χ3n) is 3.88. The van der Waals surface area contributed by atoms with Crippen LogP contribution in [0.5, 0.6) is 0 Å². The van der Waals surface area contributed by atoms with E-state index < -0.39 is 6.04 Å². The third kappa shape index (κ3) is 4.49. The van der Waals surface area contributed by atoms with Crippen molar-refractivity contribution in [3.8, 4) is 0 Å². The maximum Gasteiger partial charge on any atom is 0.243 e. The van der Waals surface area contributed by atoms with E-state index in [2.05, 4.69) is 44.9 Å². The Bertz CT molecular complexity index is 754. The first-order valence-corrected chi connectivity index (χ1v) is 8.18. The van der Waals surface area contributed by atoms with Gasteiger partial charge in [0.2, 0.25) is 11.9 Å². The molecule has 0 aliphatic heterocycles. The van der Waals surface area contributed by atoms with Gasteiger partial charge in [-0.05, 0) is 24.1 Å². The summed E-state index contributed by atoms with van der Waals surface area (Å²) in [5, 5.41) is 6.13. The van der Waals surface area contributed by atoms with Crippen LogP contribution in [0, 0.1) is 0 Å². The minimum absolute atomic E-state index is 0.0835. The molecule has 0 aliphatic carbocycles. The van der Waals surface area contributed by atoms with Crippen molar-refractivity contribution in [3.05, 3.63) is 90.3 Å². The summed E-state index contributed by atoms with van der Waals surface area (Å²) < 4.78 is 0. The molecule has 0 fully saturated rings. The minimum atomic E-state index is -0.422. The number of nitrogens with one attached hydrogen (secondary N) is 2. The van der Waals surface area contributed by atoms with Crippen LogP contribution in [0.4, 0.5) is 5.95 Å². The zero-order valence-electron chi connectivity index (χ0n) is 14.0. The second-order valence-electron chi connectivity index (χ2n) is 5.70. The molecule has 5 nitrogen and oxygen atoms in total. The fraction of sp³-hybridized carbons (Fsp3) is 0.150. The Morgan fingerprint density at radius 3 is 1.88 bits per heavy atom. The molecular weight excluding hydrogens is 312 g/mol. The van der Waals surface area contributed by atoms with Crippen LogP contribution >= 0.6 is 0 Å². The summed E-state index contributed by atoms with van der Waals surface area (Å²) in [6.07, 6.45) is 3.19. The van der Waals surface area contributed by atoms with Crippen molar-refractivity contribution in [3.63, 3.8) is 0 Å². The second-order valence-corrected chi connectivity index (χ2v) is 5.70. The number of benzene rings is 2. The maximum atomic E-state index is 12.5. The molecule has 5 heteroatoms. The molecule has 126 valence electrons. The van der Waals surface area contributed by atoms with Gasteiger partial charge in [-0.25, -0.2) is 9.97 Å². The van der Waals surface area contributed by atoms with Crippen LogP contribution in [-0.2, 0) is 4.79 Å². The molecule has 1 unspecified atom stereocenters. The van der Waals surface area contributed by atoms with E-state index in [0.717, 1.165) is 11.1 Å². The first kappa shape index (κ1) is 16.8. The van der Waals surface area contributed by atoms with E-state index in [1.165, 1.54) is 0 Å². The molecule has 2 N–H and O–H groups in total. The van der Waals surface area contributed by atoms with Crippen LogP contribution in [0.1, 0.15) is 24.1 Å². The summed E-state index contributed by atoms with van der Waals surface area (Å²) in [4.78, 5) is 20.5. The Balaban J connectivity index is 1.77. The normalized spacial score (nSPS) is 11.9. The number of amides is 1. The Labute approximate surface area is 147 Å². The molecule has 25 heavy (non-hydrogen) atoms.